The molecule has 1 heterocycles. The van der Waals surface area contributed by atoms with Crippen LogP contribution in [0.3, 0.4) is 0 Å². The van der Waals surface area contributed by atoms with Crippen LogP contribution in [0, 0.1) is 0 Å². The minimum Gasteiger partial charge on any atom is -0.436 e. The number of hydrogen-bond donors (Lipinski definition) is 0. The van der Waals surface area contributed by atoms with Gasteiger partial charge in [0.2, 0.25) is 5.89 Å². The van der Waals surface area contributed by atoms with Gasteiger partial charge in [0.1, 0.15) is 5.52 Å². The number of oxazole rings is 1. The van der Waals surface area contributed by atoms with Gasteiger partial charge in [-0.05, 0) is 29.8 Å². The number of fused-ring (bicyclic) bond motifs is 1. The Morgan fingerprint density at radius 1 is 1.11 bits per heavy atom. The summed E-state index contributed by atoms with van der Waals surface area (Å²) in [6.07, 6.45) is 0. The van der Waals surface area contributed by atoms with Crippen molar-refractivity contribution in [2.45, 2.75) is 5.33 Å². The van der Waals surface area contributed by atoms with Crippen LogP contribution in [0.5, 0.6) is 0 Å². The van der Waals surface area contributed by atoms with Crippen LogP contribution in [-0.2, 0) is 5.33 Å². The molecule has 0 bridgehead atoms. The fraction of sp³-hybridized carbons (Fsp3) is 0.0714. The van der Waals surface area contributed by atoms with E-state index in [1.807, 2.05) is 18.2 Å². The number of nitrogens with zero attached hydrogens (tertiary/aromatic N) is 1. The van der Waals surface area contributed by atoms with Gasteiger partial charge in [-0.3, -0.25) is 0 Å². The first-order chi connectivity index (χ1) is 9.19. The van der Waals surface area contributed by atoms with E-state index in [2.05, 4.69) is 20.9 Å². The van der Waals surface area contributed by atoms with E-state index in [1.54, 1.807) is 18.2 Å². The van der Waals surface area contributed by atoms with Crippen molar-refractivity contribution >= 4 is 50.2 Å². The number of alkyl halides is 1. The van der Waals surface area contributed by atoms with Crippen LogP contribution in [0.15, 0.2) is 40.8 Å². The first-order valence-electron chi connectivity index (χ1n) is 5.59. The van der Waals surface area contributed by atoms with E-state index in [0.717, 1.165) is 22.0 Å². The van der Waals surface area contributed by atoms with E-state index in [-0.39, 0.29) is 0 Å². The fourth-order valence-electron chi connectivity index (χ4n) is 1.87. The van der Waals surface area contributed by atoms with Gasteiger partial charge in [0.25, 0.3) is 0 Å². The van der Waals surface area contributed by atoms with Crippen molar-refractivity contribution in [1.29, 1.82) is 0 Å². The lowest BCUT2D eigenvalue weighted by Gasteiger charge is -2.01. The second kappa shape index (κ2) is 5.16. The average Bonchev–Trinajstić information content (AvgIpc) is 2.80. The third-order valence-electron chi connectivity index (χ3n) is 2.78. The zero-order valence-electron chi connectivity index (χ0n) is 9.66. The molecule has 0 radical (unpaired) electrons. The summed E-state index contributed by atoms with van der Waals surface area (Å²) < 4.78 is 5.72. The summed E-state index contributed by atoms with van der Waals surface area (Å²) in [5.74, 6) is 0.442. The molecule has 0 amide bonds. The molecule has 0 saturated heterocycles. The van der Waals surface area contributed by atoms with Crippen LogP contribution >= 0.6 is 39.1 Å². The Bertz CT molecular complexity index is 734. The van der Waals surface area contributed by atoms with E-state index < -0.39 is 0 Å². The molecule has 5 heteroatoms. The molecule has 0 aliphatic carbocycles. The first kappa shape index (κ1) is 13.0. The third-order valence-corrected chi connectivity index (χ3v) is 4.06. The zero-order valence-corrected chi connectivity index (χ0v) is 12.8. The molecule has 19 heavy (non-hydrogen) atoms. The van der Waals surface area contributed by atoms with Crippen molar-refractivity contribution in [1.82, 2.24) is 4.98 Å². The molecule has 3 rings (SSSR count). The minimum atomic E-state index is 0.442. The first-order valence-corrected chi connectivity index (χ1v) is 7.46. The highest BCUT2D eigenvalue weighted by atomic mass is 79.9. The molecular formula is C14H8BrCl2NO. The lowest BCUT2D eigenvalue weighted by atomic mass is 10.2. The predicted octanol–water partition coefficient (Wildman–Crippen LogP) is 5.70. The molecule has 2 nitrogen and oxygen atoms in total. The molecule has 0 unspecified atom stereocenters. The van der Waals surface area contributed by atoms with Gasteiger partial charge in [-0.25, -0.2) is 4.98 Å². The second-order valence-corrected chi connectivity index (χ2v) is 5.43. The van der Waals surface area contributed by atoms with Crippen LogP contribution in [0.25, 0.3) is 22.6 Å². The third kappa shape index (κ3) is 2.38. The Kier molecular flexibility index (Phi) is 3.52. The maximum atomic E-state index is 6.16. The van der Waals surface area contributed by atoms with Crippen molar-refractivity contribution in [3.63, 3.8) is 0 Å². The maximum Gasteiger partial charge on any atom is 0.230 e. The highest BCUT2D eigenvalue weighted by Crippen LogP contribution is 2.35. The number of benzene rings is 2. The standard InChI is InChI=1S/C14H8BrCl2NO/c15-7-8-4-5-12-11(6-8)18-14(19-12)13-9(16)2-1-3-10(13)17/h1-6H,7H2. The van der Waals surface area contributed by atoms with Crippen molar-refractivity contribution in [2.24, 2.45) is 0 Å². The van der Waals surface area contributed by atoms with E-state index in [9.17, 15) is 0 Å². The van der Waals surface area contributed by atoms with Gasteiger partial charge in [0.15, 0.2) is 5.58 Å². The van der Waals surface area contributed by atoms with Crippen LogP contribution < -0.4 is 0 Å². The lowest BCUT2D eigenvalue weighted by Crippen LogP contribution is -1.81. The Morgan fingerprint density at radius 3 is 2.53 bits per heavy atom. The largest absolute Gasteiger partial charge is 0.436 e. The molecule has 0 aliphatic rings. The number of hydrogen-bond acceptors (Lipinski definition) is 2. The molecule has 2 aromatic carbocycles. The molecule has 0 fully saturated rings. The van der Waals surface area contributed by atoms with Gasteiger partial charge in [-0.1, -0.05) is 51.3 Å². The molecule has 0 spiro atoms. The molecule has 0 N–H and O–H groups in total. The van der Waals surface area contributed by atoms with Crippen molar-refractivity contribution in [3.05, 3.63) is 52.0 Å². The van der Waals surface area contributed by atoms with Gasteiger partial charge in [0.05, 0.1) is 15.6 Å². The van der Waals surface area contributed by atoms with E-state index in [4.69, 9.17) is 27.6 Å². The topological polar surface area (TPSA) is 26.0 Å². The van der Waals surface area contributed by atoms with Gasteiger partial charge in [-0.2, -0.15) is 0 Å². The summed E-state index contributed by atoms with van der Waals surface area (Å²) in [7, 11) is 0. The molecule has 1 aromatic heterocycles. The normalized spacial score (nSPS) is 11.1. The Hall–Kier alpha value is -1.03. The van der Waals surface area contributed by atoms with Crippen molar-refractivity contribution in [3.8, 4) is 11.5 Å². The smallest absolute Gasteiger partial charge is 0.230 e. The monoisotopic (exact) mass is 355 g/mol. The lowest BCUT2D eigenvalue weighted by molar-refractivity contribution is 0.620. The SMILES string of the molecule is Clc1cccc(Cl)c1-c1nc2cc(CBr)ccc2o1. The van der Waals surface area contributed by atoms with Crippen molar-refractivity contribution in [2.75, 3.05) is 0 Å². The van der Waals surface area contributed by atoms with Crippen LogP contribution in [0.4, 0.5) is 0 Å². The summed E-state index contributed by atoms with van der Waals surface area (Å²) in [4.78, 5) is 4.46. The number of aromatic nitrogens is 1. The highest BCUT2D eigenvalue weighted by molar-refractivity contribution is 9.08. The van der Waals surface area contributed by atoms with Gasteiger partial charge < -0.3 is 4.42 Å². The molecule has 0 saturated carbocycles. The van der Waals surface area contributed by atoms with Crippen molar-refractivity contribution < 1.29 is 4.42 Å². The van der Waals surface area contributed by atoms with E-state index >= 15 is 0 Å². The fourth-order valence-corrected chi connectivity index (χ4v) is 2.77. The Balaban J connectivity index is 2.21. The predicted molar refractivity (Wildman–Crippen MR) is 82.1 cm³/mol. The summed E-state index contributed by atoms with van der Waals surface area (Å²) in [6, 6.07) is 11.2. The van der Waals surface area contributed by atoms with E-state index in [0.29, 0.717) is 21.5 Å². The van der Waals surface area contributed by atoms with E-state index in [1.165, 1.54) is 0 Å². The van der Waals surface area contributed by atoms with Gasteiger partial charge in [0, 0.05) is 5.33 Å². The maximum absolute atomic E-state index is 6.16. The Labute approximate surface area is 128 Å². The number of rotatable bonds is 2. The van der Waals surface area contributed by atoms with Crippen LogP contribution in [-0.4, -0.2) is 4.98 Å². The van der Waals surface area contributed by atoms with Gasteiger partial charge in [-0.15, -0.1) is 0 Å². The Morgan fingerprint density at radius 2 is 1.84 bits per heavy atom. The average molecular weight is 357 g/mol. The summed E-state index contributed by atoms with van der Waals surface area (Å²) in [5.41, 5.74) is 3.28. The second-order valence-electron chi connectivity index (χ2n) is 4.05. The molecule has 3 aromatic rings. The van der Waals surface area contributed by atoms with Crippen LogP contribution in [0.2, 0.25) is 10.0 Å². The highest BCUT2D eigenvalue weighted by Gasteiger charge is 2.15. The molecule has 0 atom stereocenters. The zero-order chi connectivity index (χ0) is 13.4. The minimum absolute atomic E-state index is 0.442. The summed E-state index contributed by atoms with van der Waals surface area (Å²) >= 11 is 15.7. The molecule has 0 aliphatic heterocycles. The summed E-state index contributed by atoms with van der Waals surface area (Å²) in [5, 5.41) is 1.83. The van der Waals surface area contributed by atoms with Gasteiger partial charge >= 0.3 is 0 Å². The number of halogens is 3. The summed E-state index contributed by atoms with van der Waals surface area (Å²) in [6.45, 7) is 0. The van der Waals surface area contributed by atoms with Crippen LogP contribution in [0.1, 0.15) is 5.56 Å². The molecule has 96 valence electrons. The quantitative estimate of drug-likeness (QED) is 0.550. The molecular weight excluding hydrogens is 349 g/mol.